The van der Waals surface area contributed by atoms with Crippen molar-refractivity contribution in [2.24, 2.45) is 11.8 Å². The summed E-state index contributed by atoms with van der Waals surface area (Å²) in [5, 5.41) is 9.17. The molecule has 2 aliphatic rings. The van der Waals surface area contributed by atoms with E-state index in [9.17, 15) is 9.59 Å². The topological polar surface area (TPSA) is 70.1 Å². The Bertz CT molecular complexity index is 351. The van der Waals surface area contributed by atoms with Crippen LogP contribution in [0.3, 0.4) is 0 Å². The Kier molecular flexibility index (Phi) is 4.29. The van der Waals surface area contributed by atoms with Crippen LogP contribution in [-0.2, 0) is 9.53 Å². The normalized spacial score (nSPS) is 32.2. The second-order valence-electron chi connectivity index (χ2n) is 5.76. The van der Waals surface area contributed by atoms with Gasteiger partial charge in [-0.2, -0.15) is 0 Å². The van der Waals surface area contributed by atoms with Gasteiger partial charge in [-0.3, -0.25) is 0 Å². The fourth-order valence-corrected chi connectivity index (χ4v) is 3.04. The summed E-state index contributed by atoms with van der Waals surface area (Å²) in [6, 6.07) is -1.01. The highest BCUT2D eigenvalue weighted by molar-refractivity contribution is 5.83. The quantitative estimate of drug-likeness (QED) is 0.767. The van der Waals surface area contributed by atoms with E-state index in [0.29, 0.717) is 38.1 Å². The molecule has 1 N–H and O–H groups in total. The van der Waals surface area contributed by atoms with Gasteiger partial charge in [-0.15, -0.1) is 0 Å². The summed E-state index contributed by atoms with van der Waals surface area (Å²) in [6.45, 7) is 6.54. The Morgan fingerprint density at radius 3 is 2.42 bits per heavy atom. The van der Waals surface area contributed by atoms with Gasteiger partial charge in [0.1, 0.15) is 0 Å². The summed E-state index contributed by atoms with van der Waals surface area (Å²) in [4.78, 5) is 26.9. The predicted molar refractivity (Wildman–Crippen MR) is 68.9 cm³/mol. The highest BCUT2D eigenvalue weighted by Crippen LogP contribution is 2.23. The van der Waals surface area contributed by atoms with Gasteiger partial charge in [0.05, 0.1) is 13.2 Å². The standard InChI is InChI=1S/C13H22N2O4/c1-9-5-10(2)7-14(6-9)13(18)15-3-4-19-8-11(15)12(16)17/h9-11H,3-8H2,1-2H3,(H,16,17). The highest BCUT2D eigenvalue weighted by Gasteiger charge is 2.36. The third kappa shape index (κ3) is 3.18. The van der Waals surface area contributed by atoms with Gasteiger partial charge in [0.2, 0.25) is 0 Å². The van der Waals surface area contributed by atoms with Crippen molar-refractivity contribution in [2.75, 3.05) is 32.8 Å². The monoisotopic (exact) mass is 270 g/mol. The van der Waals surface area contributed by atoms with Gasteiger partial charge in [0.25, 0.3) is 0 Å². The number of hydrogen-bond acceptors (Lipinski definition) is 3. The Labute approximate surface area is 113 Å². The van der Waals surface area contributed by atoms with E-state index in [4.69, 9.17) is 9.84 Å². The van der Waals surface area contributed by atoms with Crippen molar-refractivity contribution in [1.82, 2.24) is 9.80 Å². The summed E-state index contributed by atoms with van der Waals surface area (Å²) in [5.74, 6) is -0.0554. The van der Waals surface area contributed by atoms with Crippen LogP contribution in [0.1, 0.15) is 20.3 Å². The average molecular weight is 270 g/mol. The lowest BCUT2D eigenvalue weighted by Gasteiger charge is -2.41. The summed E-state index contributed by atoms with van der Waals surface area (Å²) < 4.78 is 5.16. The molecule has 0 aliphatic carbocycles. The average Bonchev–Trinajstić information content (AvgIpc) is 2.36. The zero-order valence-electron chi connectivity index (χ0n) is 11.5. The maximum absolute atomic E-state index is 12.5. The number of carboxylic acid groups (broad SMARTS) is 1. The Morgan fingerprint density at radius 2 is 1.84 bits per heavy atom. The minimum absolute atomic E-state index is 0.0834. The minimum atomic E-state index is -0.994. The molecule has 0 bridgehead atoms. The first-order valence-electron chi connectivity index (χ1n) is 6.85. The fraction of sp³-hybridized carbons (Fsp3) is 0.846. The number of nitrogens with zero attached hydrogens (tertiary/aromatic N) is 2. The number of aliphatic carboxylic acids is 1. The van der Waals surface area contributed by atoms with Crippen molar-refractivity contribution in [2.45, 2.75) is 26.3 Å². The van der Waals surface area contributed by atoms with Gasteiger partial charge in [0.15, 0.2) is 6.04 Å². The van der Waals surface area contributed by atoms with Crippen molar-refractivity contribution in [1.29, 1.82) is 0 Å². The molecule has 0 aromatic rings. The van der Waals surface area contributed by atoms with E-state index in [1.54, 1.807) is 4.90 Å². The number of carbonyl (C=O) groups is 2. The number of likely N-dealkylation sites (tertiary alicyclic amines) is 1. The van der Waals surface area contributed by atoms with Crippen LogP contribution in [0, 0.1) is 11.8 Å². The number of rotatable bonds is 1. The van der Waals surface area contributed by atoms with Crippen molar-refractivity contribution < 1.29 is 19.4 Å². The molecule has 3 atom stereocenters. The van der Waals surface area contributed by atoms with E-state index < -0.39 is 12.0 Å². The minimum Gasteiger partial charge on any atom is -0.480 e. The second-order valence-corrected chi connectivity index (χ2v) is 5.76. The lowest BCUT2D eigenvalue weighted by molar-refractivity contribution is -0.147. The Morgan fingerprint density at radius 1 is 1.21 bits per heavy atom. The van der Waals surface area contributed by atoms with E-state index in [-0.39, 0.29) is 12.6 Å². The van der Waals surface area contributed by atoms with E-state index in [0.717, 1.165) is 6.42 Å². The lowest BCUT2D eigenvalue weighted by Crippen LogP contribution is -2.58. The predicted octanol–water partition coefficient (Wildman–Crippen LogP) is 0.870. The van der Waals surface area contributed by atoms with Crippen LogP contribution < -0.4 is 0 Å². The molecule has 0 aromatic carbocycles. The van der Waals surface area contributed by atoms with Crippen LogP contribution in [0.25, 0.3) is 0 Å². The molecule has 2 amide bonds. The number of urea groups is 1. The molecule has 2 aliphatic heterocycles. The zero-order chi connectivity index (χ0) is 14.0. The smallest absolute Gasteiger partial charge is 0.328 e. The molecule has 2 rings (SSSR count). The maximum Gasteiger partial charge on any atom is 0.328 e. The number of piperidine rings is 1. The number of amides is 2. The van der Waals surface area contributed by atoms with Crippen LogP contribution in [-0.4, -0.2) is 65.8 Å². The van der Waals surface area contributed by atoms with Crippen LogP contribution in [0.15, 0.2) is 0 Å². The molecule has 0 aromatic heterocycles. The summed E-state index contributed by atoms with van der Waals surface area (Å²) in [5.41, 5.74) is 0. The molecule has 2 saturated heterocycles. The van der Waals surface area contributed by atoms with Gasteiger partial charge < -0.3 is 19.6 Å². The number of hydrogen-bond donors (Lipinski definition) is 1. The largest absolute Gasteiger partial charge is 0.480 e. The van der Waals surface area contributed by atoms with E-state index in [1.165, 1.54) is 4.90 Å². The number of carbonyl (C=O) groups excluding carboxylic acids is 1. The molecule has 6 nitrogen and oxygen atoms in total. The SMILES string of the molecule is CC1CC(C)CN(C(=O)N2CCOCC2C(=O)O)C1. The first-order valence-corrected chi connectivity index (χ1v) is 6.85. The molecular formula is C13H22N2O4. The molecule has 6 heteroatoms. The van der Waals surface area contributed by atoms with Gasteiger partial charge in [-0.1, -0.05) is 13.8 Å². The molecule has 0 spiro atoms. The first kappa shape index (κ1) is 14.1. The Balaban J connectivity index is 2.06. The summed E-state index contributed by atoms with van der Waals surface area (Å²) >= 11 is 0. The van der Waals surface area contributed by atoms with Crippen LogP contribution in [0.4, 0.5) is 4.79 Å². The molecule has 0 radical (unpaired) electrons. The first-order chi connectivity index (χ1) is 8.99. The highest BCUT2D eigenvalue weighted by atomic mass is 16.5. The summed E-state index contributed by atoms with van der Waals surface area (Å²) in [7, 11) is 0. The number of ether oxygens (including phenoxy) is 1. The Hall–Kier alpha value is -1.30. The number of morpholine rings is 1. The fourth-order valence-electron chi connectivity index (χ4n) is 3.04. The second kappa shape index (κ2) is 5.77. The van der Waals surface area contributed by atoms with E-state index in [1.807, 2.05) is 0 Å². The van der Waals surface area contributed by atoms with Crippen molar-refractivity contribution >= 4 is 12.0 Å². The van der Waals surface area contributed by atoms with Gasteiger partial charge in [0, 0.05) is 19.6 Å². The zero-order valence-corrected chi connectivity index (χ0v) is 11.5. The molecule has 2 fully saturated rings. The maximum atomic E-state index is 12.5. The van der Waals surface area contributed by atoms with E-state index in [2.05, 4.69) is 13.8 Å². The van der Waals surface area contributed by atoms with Gasteiger partial charge in [-0.05, 0) is 18.3 Å². The van der Waals surface area contributed by atoms with Crippen molar-refractivity contribution in [3.63, 3.8) is 0 Å². The van der Waals surface area contributed by atoms with Crippen molar-refractivity contribution in [3.05, 3.63) is 0 Å². The van der Waals surface area contributed by atoms with Crippen LogP contribution in [0.5, 0.6) is 0 Å². The number of carboxylic acids is 1. The molecule has 108 valence electrons. The van der Waals surface area contributed by atoms with Crippen molar-refractivity contribution in [3.8, 4) is 0 Å². The van der Waals surface area contributed by atoms with Gasteiger partial charge in [-0.25, -0.2) is 9.59 Å². The summed E-state index contributed by atoms with van der Waals surface area (Å²) in [6.07, 6.45) is 1.12. The van der Waals surface area contributed by atoms with Crippen LogP contribution >= 0.6 is 0 Å². The third-order valence-corrected chi connectivity index (χ3v) is 3.80. The lowest BCUT2D eigenvalue weighted by atomic mass is 9.92. The molecule has 2 heterocycles. The van der Waals surface area contributed by atoms with E-state index >= 15 is 0 Å². The molecule has 0 saturated carbocycles. The third-order valence-electron chi connectivity index (χ3n) is 3.80. The molecular weight excluding hydrogens is 248 g/mol. The molecule has 3 unspecified atom stereocenters. The molecule has 19 heavy (non-hydrogen) atoms. The van der Waals surface area contributed by atoms with Gasteiger partial charge >= 0.3 is 12.0 Å². The van der Waals surface area contributed by atoms with Crippen LogP contribution in [0.2, 0.25) is 0 Å².